The van der Waals surface area contributed by atoms with Crippen LogP contribution >= 0.6 is 0 Å². The third-order valence-electron chi connectivity index (χ3n) is 2.86. The van der Waals surface area contributed by atoms with E-state index >= 15 is 0 Å². The van der Waals surface area contributed by atoms with Gasteiger partial charge in [0.25, 0.3) is 5.91 Å². The molecule has 2 aromatic rings. The molecule has 0 unspecified atom stereocenters. The van der Waals surface area contributed by atoms with Crippen LogP contribution in [-0.2, 0) is 13.0 Å². The molecule has 4 nitrogen and oxygen atoms in total. The van der Waals surface area contributed by atoms with E-state index in [0.717, 1.165) is 17.7 Å². The van der Waals surface area contributed by atoms with Crippen LogP contribution < -0.4 is 5.32 Å². The molecule has 1 aromatic heterocycles. The van der Waals surface area contributed by atoms with Crippen molar-refractivity contribution in [3.05, 3.63) is 53.1 Å². The van der Waals surface area contributed by atoms with E-state index in [9.17, 15) is 9.18 Å². The van der Waals surface area contributed by atoms with Crippen LogP contribution in [-0.4, -0.2) is 16.1 Å². The van der Waals surface area contributed by atoms with Crippen molar-refractivity contribution in [2.24, 2.45) is 5.92 Å². The monoisotopic (exact) mass is 275 g/mol. The molecule has 0 fully saturated rings. The smallest absolute Gasteiger partial charge is 0.272 e. The van der Waals surface area contributed by atoms with Gasteiger partial charge in [-0.15, -0.1) is 0 Å². The highest BCUT2D eigenvalue weighted by Crippen LogP contribution is 2.07. The number of amides is 1. The summed E-state index contributed by atoms with van der Waals surface area (Å²) >= 11 is 0. The van der Waals surface area contributed by atoms with Gasteiger partial charge in [-0.1, -0.05) is 26.0 Å². The first-order valence-electron chi connectivity index (χ1n) is 6.61. The summed E-state index contributed by atoms with van der Waals surface area (Å²) in [5.74, 6) is -0.0168. The van der Waals surface area contributed by atoms with Crippen LogP contribution in [0.1, 0.15) is 35.6 Å². The van der Waals surface area contributed by atoms with E-state index < -0.39 is 0 Å². The second-order valence-electron chi connectivity index (χ2n) is 5.19. The summed E-state index contributed by atoms with van der Waals surface area (Å²) in [5, 5.41) is 9.62. The van der Waals surface area contributed by atoms with Crippen molar-refractivity contribution < 1.29 is 9.18 Å². The second-order valence-corrected chi connectivity index (χ2v) is 5.19. The fraction of sp³-hybridized carbons (Fsp3) is 0.333. The normalized spacial score (nSPS) is 10.8. The van der Waals surface area contributed by atoms with E-state index in [1.165, 1.54) is 12.1 Å². The maximum Gasteiger partial charge on any atom is 0.272 e. The highest BCUT2D eigenvalue weighted by atomic mass is 19.1. The third kappa shape index (κ3) is 3.91. The molecule has 2 N–H and O–H groups in total. The van der Waals surface area contributed by atoms with Crippen LogP contribution in [0, 0.1) is 11.7 Å². The van der Waals surface area contributed by atoms with Crippen LogP contribution in [0.25, 0.3) is 0 Å². The highest BCUT2D eigenvalue weighted by Gasteiger charge is 2.10. The van der Waals surface area contributed by atoms with E-state index in [-0.39, 0.29) is 11.7 Å². The Morgan fingerprint density at radius 2 is 2.05 bits per heavy atom. The molecule has 0 bridgehead atoms. The largest absolute Gasteiger partial charge is 0.347 e. The van der Waals surface area contributed by atoms with E-state index in [0.29, 0.717) is 18.2 Å². The summed E-state index contributed by atoms with van der Waals surface area (Å²) in [7, 11) is 0. The van der Waals surface area contributed by atoms with Crippen LogP contribution in [0.4, 0.5) is 4.39 Å². The summed E-state index contributed by atoms with van der Waals surface area (Å²) in [6, 6.07) is 7.79. The molecule has 1 amide bonds. The predicted molar refractivity (Wildman–Crippen MR) is 74.7 cm³/mol. The molecular weight excluding hydrogens is 257 g/mol. The minimum Gasteiger partial charge on any atom is -0.347 e. The van der Waals surface area contributed by atoms with Crippen molar-refractivity contribution in [2.75, 3.05) is 0 Å². The lowest BCUT2D eigenvalue weighted by Crippen LogP contribution is -2.23. The maximum atomic E-state index is 12.8. The molecule has 1 aromatic carbocycles. The Morgan fingerprint density at radius 3 is 2.70 bits per heavy atom. The summed E-state index contributed by atoms with van der Waals surface area (Å²) in [6.07, 6.45) is 0.859. The number of carbonyl (C=O) groups is 1. The first-order chi connectivity index (χ1) is 9.54. The minimum absolute atomic E-state index is 0.236. The zero-order valence-corrected chi connectivity index (χ0v) is 11.6. The topological polar surface area (TPSA) is 57.8 Å². The van der Waals surface area contributed by atoms with Crippen LogP contribution in [0.15, 0.2) is 30.3 Å². The Morgan fingerprint density at radius 1 is 1.35 bits per heavy atom. The summed E-state index contributed by atoms with van der Waals surface area (Å²) < 4.78 is 12.8. The number of nitrogens with zero attached hydrogens (tertiary/aromatic N) is 1. The Balaban J connectivity index is 1.91. The molecule has 5 heteroatoms. The molecule has 106 valence electrons. The average molecular weight is 275 g/mol. The second kappa shape index (κ2) is 6.32. The number of H-pyrrole nitrogens is 1. The van der Waals surface area contributed by atoms with Gasteiger partial charge in [0, 0.05) is 12.2 Å². The SMILES string of the molecule is CC(C)Cc1cc(C(=O)NCc2ccc(F)cc2)n[nH]1. The Hall–Kier alpha value is -2.17. The van der Waals surface area contributed by atoms with Gasteiger partial charge in [0.1, 0.15) is 11.5 Å². The summed E-state index contributed by atoms with van der Waals surface area (Å²) in [6.45, 7) is 4.57. The molecule has 1 heterocycles. The number of rotatable bonds is 5. The van der Waals surface area contributed by atoms with Crippen molar-refractivity contribution in [3.63, 3.8) is 0 Å². The number of carbonyl (C=O) groups excluding carboxylic acids is 1. The summed E-state index contributed by atoms with van der Waals surface area (Å²) in [4.78, 5) is 11.9. The van der Waals surface area contributed by atoms with Gasteiger partial charge in [0.2, 0.25) is 0 Å². The molecule has 0 saturated heterocycles. The fourth-order valence-electron chi connectivity index (χ4n) is 1.90. The number of halogens is 1. The fourth-order valence-corrected chi connectivity index (χ4v) is 1.90. The Kier molecular flexibility index (Phi) is 4.50. The van der Waals surface area contributed by atoms with Crippen molar-refractivity contribution in [1.29, 1.82) is 0 Å². The number of aromatic nitrogens is 2. The van der Waals surface area contributed by atoms with E-state index in [1.807, 2.05) is 0 Å². The number of aromatic amines is 1. The standard InChI is InChI=1S/C15H18FN3O/c1-10(2)7-13-8-14(19-18-13)15(20)17-9-11-3-5-12(16)6-4-11/h3-6,8,10H,7,9H2,1-2H3,(H,17,20)(H,18,19). The molecular formula is C15H18FN3O. The van der Waals surface area contributed by atoms with E-state index in [4.69, 9.17) is 0 Å². The van der Waals surface area contributed by atoms with Crippen LogP contribution in [0.2, 0.25) is 0 Å². The van der Waals surface area contributed by atoms with Crippen LogP contribution in [0.3, 0.4) is 0 Å². The molecule has 0 aliphatic carbocycles. The molecule has 0 saturated carbocycles. The number of hydrogen-bond acceptors (Lipinski definition) is 2. The molecule has 0 aliphatic rings. The van der Waals surface area contributed by atoms with Gasteiger partial charge >= 0.3 is 0 Å². The molecule has 2 rings (SSSR count). The maximum absolute atomic E-state index is 12.8. The number of hydrogen-bond donors (Lipinski definition) is 2. The van der Waals surface area contributed by atoms with E-state index in [2.05, 4.69) is 29.4 Å². The lowest BCUT2D eigenvalue weighted by molar-refractivity contribution is 0.0946. The molecule has 0 atom stereocenters. The summed E-state index contributed by atoms with van der Waals surface area (Å²) in [5.41, 5.74) is 2.17. The molecule has 0 spiro atoms. The van der Waals surface area contributed by atoms with Gasteiger partial charge in [0.15, 0.2) is 0 Å². The first-order valence-corrected chi connectivity index (χ1v) is 6.61. The zero-order valence-electron chi connectivity index (χ0n) is 11.6. The van der Waals surface area contributed by atoms with Gasteiger partial charge < -0.3 is 5.32 Å². The van der Waals surface area contributed by atoms with E-state index in [1.54, 1.807) is 18.2 Å². The average Bonchev–Trinajstić information content (AvgIpc) is 2.85. The van der Waals surface area contributed by atoms with Gasteiger partial charge in [-0.2, -0.15) is 5.10 Å². The van der Waals surface area contributed by atoms with Crippen LogP contribution in [0.5, 0.6) is 0 Å². The van der Waals surface area contributed by atoms with Crippen molar-refractivity contribution in [2.45, 2.75) is 26.8 Å². The lowest BCUT2D eigenvalue weighted by Gasteiger charge is -2.03. The van der Waals surface area contributed by atoms with Crippen molar-refractivity contribution in [3.8, 4) is 0 Å². The Bertz CT molecular complexity index is 575. The predicted octanol–water partition coefficient (Wildman–Crippen LogP) is 2.68. The van der Waals surface area contributed by atoms with Gasteiger partial charge in [0.05, 0.1) is 0 Å². The first kappa shape index (κ1) is 14.2. The Labute approximate surface area is 117 Å². The highest BCUT2D eigenvalue weighted by molar-refractivity contribution is 5.92. The number of nitrogens with one attached hydrogen (secondary N) is 2. The van der Waals surface area contributed by atoms with Gasteiger partial charge in [-0.3, -0.25) is 9.89 Å². The third-order valence-corrected chi connectivity index (χ3v) is 2.86. The quantitative estimate of drug-likeness (QED) is 0.881. The molecule has 0 radical (unpaired) electrons. The number of benzene rings is 1. The molecule has 0 aliphatic heterocycles. The minimum atomic E-state index is -0.286. The van der Waals surface area contributed by atoms with Crippen molar-refractivity contribution in [1.82, 2.24) is 15.5 Å². The zero-order chi connectivity index (χ0) is 14.5. The van der Waals surface area contributed by atoms with Gasteiger partial charge in [-0.05, 0) is 36.1 Å². The van der Waals surface area contributed by atoms with Gasteiger partial charge in [-0.25, -0.2) is 4.39 Å². The lowest BCUT2D eigenvalue weighted by atomic mass is 10.1. The molecule has 20 heavy (non-hydrogen) atoms. The van der Waals surface area contributed by atoms with Crippen molar-refractivity contribution >= 4 is 5.91 Å².